The Hall–Kier alpha value is -3.68. The second-order valence-electron chi connectivity index (χ2n) is 7.53. The monoisotopic (exact) mass is 421 g/mol. The number of rotatable bonds is 7. The fraction of sp³-hybridized carbons (Fsp3) is 0.304. The van der Waals surface area contributed by atoms with E-state index in [9.17, 15) is 9.59 Å². The van der Waals surface area contributed by atoms with Gasteiger partial charge in [0.1, 0.15) is 0 Å². The first-order valence-corrected chi connectivity index (χ1v) is 10.1. The van der Waals surface area contributed by atoms with Crippen LogP contribution in [0, 0.1) is 20.8 Å². The van der Waals surface area contributed by atoms with Crippen molar-refractivity contribution in [2.75, 3.05) is 18.9 Å². The normalized spacial score (nSPS) is 10.6. The van der Waals surface area contributed by atoms with Crippen LogP contribution in [-0.2, 0) is 13.0 Å². The first kappa shape index (κ1) is 22.0. The summed E-state index contributed by atoms with van der Waals surface area (Å²) in [5.74, 6) is -0.156. The van der Waals surface area contributed by atoms with Gasteiger partial charge in [0, 0.05) is 32.2 Å². The second kappa shape index (κ2) is 9.88. The SMILES string of the molecule is Cc1ccc(CNC(=O)c2nc(CCN(C)C(=O)Nc3cccc(C)c3C)no2)cc1. The molecule has 2 N–H and O–H groups in total. The maximum absolute atomic E-state index is 12.4. The molecule has 0 spiro atoms. The molecule has 1 aromatic heterocycles. The summed E-state index contributed by atoms with van der Waals surface area (Å²) in [5.41, 5.74) is 5.06. The van der Waals surface area contributed by atoms with Crippen LogP contribution in [0.2, 0.25) is 0 Å². The molecule has 3 amide bonds. The number of likely N-dealkylation sites (N-methyl/N-ethyl adjacent to an activating group) is 1. The highest BCUT2D eigenvalue weighted by Gasteiger charge is 2.16. The number of carbonyl (C=O) groups excluding carboxylic acids is 2. The van der Waals surface area contributed by atoms with Gasteiger partial charge in [-0.15, -0.1) is 0 Å². The van der Waals surface area contributed by atoms with Gasteiger partial charge in [-0.3, -0.25) is 4.79 Å². The van der Waals surface area contributed by atoms with Crippen molar-refractivity contribution in [3.63, 3.8) is 0 Å². The summed E-state index contributed by atoms with van der Waals surface area (Å²) < 4.78 is 5.06. The zero-order valence-corrected chi connectivity index (χ0v) is 18.2. The average molecular weight is 422 g/mol. The van der Waals surface area contributed by atoms with E-state index in [4.69, 9.17) is 4.52 Å². The topological polar surface area (TPSA) is 100 Å². The van der Waals surface area contributed by atoms with Crippen molar-refractivity contribution in [3.05, 3.63) is 76.4 Å². The van der Waals surface area contributed by atoms with Crippen LogP contribution < -0.4 is 10.6 Å². The molecule has 0 aliphatic carbocycles. The third-order valence-corrected chi connectivity index (χ3v) is 5.10. The highest BCUT2D eigenvalue weighted by atomic mass is 16.5. The molecule has 0 saturated carbocycles. The maximum Gasteiger partial charge on any atom is 0.321 e. The molecule has 0 aliphatic rings. The molecule has 1 heterocycles. The predicted molar refractivity (Wildman–Crippen MR) is 118 cm³/mol. The summed E-state index contributed by atoms with van der Waals surface area (Å²) in [7, 11) is 1.69. The maximum atomic E-state index is 12.4. The Morgan fingerprint density at radius 2 is 1.81 bits per heavy atom. The van der Waals surface area contributed by atoms with Crippen LogP contribution in [0.25, 0.3) is 0 Å². The Morgan fingerprint density at radius 3 is 2.55 bits per heavy atom. The fourth-order valence-corrected chi connectivity index (χ4v) is 2.88. The number of hydrogen-bond acceptors (Lipinski definition) is 5. The van der Waals surface area contributed by atoms with Crippen molar-refractivity contribution in [2.45, 2.75) is 33.7 Å². The van der Waals surface area contributed by atoms with Gasteiger partial charge >= 0.3 is 17.8 Å². The highest BCUT2D eigenvalue weighted by molar-refractivity contribution is 5.90. The van der Waals surface area contributed by atoms with Crippen LogP contribution in [0.1, 0.15) is 38.8 Å². The molecule has 0 atom stereocenters. The molecule has 8 nitrogen and oxygen atoms in total. The van der Waals surface area contributed by atoms with Crippen molar-refractivity contribution >= 4 is 17.6 Å². The quantitative estimate of drug-likeness (QED) is 0.607. The van der Waals surface area contributed by atoms with Crippen LogP contribution in [-0.4, -0.2) is 40.6 Å². The summed E-state index contributed by atoms with van der Waals surface area (Å²) in [6.45, 7) is 6.72. The van der Waals surface area contributed by atoms with E-state index in [-0.39, 0.29) is 11.9 Å². The van der Waals surface area contributed by atoms with Crippen LogP contribution in [0.4, 0.5) is 10.5 Å². The summed E-state index contributed by atoms with van der Waals surface area (Å²) >= 11 is 0. The number of benzene rings is 2. The molecule has 31 heavy (non-hydrogen) atoms. The van der Waals surface area contributed by atoms with E-state index < -0.39 is 5.91 Å². The molecule has 3 aromatic rings. The predicted octanol–water partition coefficient (Wildman–Crippen LogP) is 3.63. The lowest BCUT2D eigenvalue weighted by atomic mass is 10.1. The number of amides is 3. The largest absolute Gasteiger partial charge is 0.344 e. The number of aryl methyl sites for hydroxylation is 2. The zero-order valence-electron chi connectivity index (χ0n) is 18.2. The highest BCUT2D eigenvalue weighted by Crippen LogP contribution is 2.18. The first-order chi connectivity index (χ1) is 14.8. The number of carbonyl (C=O) groups is 2. The molecule has 0 aliphatic heterocycles. The molecule has 0 fully saturated rings. The number of anilines is 1. The van der Waals surface area contributed by atoms with Gasteiger partial charge in [0.2, 0.25) is 0 Å². The zero-order chi connectivity index (χ0) is 22.4. The molecule has 3 rings (SSSR count). The van der Waals surface area contributed by atoms with Gasteiger partial charge in [-0.25, -0.2) is 4.79 Å². The van der Waals surface area contributed by atoms with E-state index in [1.54, 1.807) is 7.05 Å². The molecule has 8 heteroatoms. The third kappa shape index (κ3) is 5.91. The molecule has 0 bridgehead atoms. The Morgan fingerprint density at radius 1 is 1.06 bits per heavy atom. The van der Waals surface area contributed by atoms with E-state index in [0.29, 0.717) is 25.3 Å². The number of aromatic nitrogens is 2. The Balaban J connectivity index is 1.48. The van der Waals surface area contributed by atoms with E-state index in [1.807, 2.05) is 63.2 Å². The standard InChI is InChI=1S/C23H27N5O3/c1-15-8-10-18(11-9-15)14-24-21(29)22-26-20(27-31-22)12-13-28(4)23(30)25-19-7-5-6-16(2)17(19)3/h5-11H,12-14H2,1-4H3,(H,24,29)(H,25,30). The van der Waals surface area contributed by atoms with Gasteiger partial charge in [0.25, 0.3) is 0 Å². The number of nitrogens with one attached hydrogen (secondary N) is 2. The Bertz CT molecular complexity index is 1060. The minimum absolute atomic E-state index is 0.0930. The third-order valence-electron chi connectivity index (χ3n) is 5.10. The van der Waals surface area contributed by atoms with Crippen molar-refractivity contribution in [1.29, 1.82) is 0 Å². The van der Waals surface area contributed by atoms with Gasteiger partial charge in [0.05, 0.1) is 0 Å². The van der Waals surface area contributed by atoms with E-state index in [1.165, 1.54) is 4.90 Å². The van der Waals surface area contributed by atoms with Crippen LogP contribution in [0.5, 0.6) is 0 Å². The lowest BCUT2D eigenvalue weighted by molar-refractivity contribution is 0.0907. The smallest absolute Gasteiger partial charge is 0.321 e. The number of hydrogen-bond donors (Lipinski definition) is 2. The van der Waals surface area contributed by atoms with Crippen molar-refractivity contribution in [3.8, 4) is 0 Å². The van der Waals surface area contributed by atoms with E-state index in [2.05, 4.69) is 20.8 Å². The van der Waals surface area contributed by atoms with Crippen molar-refractivity contribution < 1.29 is 14.1 Å². The number of nitrogens with zero attached hydrogens (tertiary/aromatic N) is 3. The lowest BCUT2D eigenvalue weighted by Crippen LogP contribution is -2.33. The van der Waals surface area contributed by atoms with Crippen molar-refractivity contribution in [1.82, 2.24) is 20.4 Å². The van der Waals surface area contributed by atoms with Gasteiger partial charge in [-0.05, 0) is 43.5 Å². The van der Waals surface area contributed by atoms with Gasteiger partial charge in [-0.2, -0.15) is 4.98 Å². The molecule has 2 aromatic carbocycles. The van der Waals surface area contributed by atoms with Gasteiger partial charge in [0.15, 0.2) is 5.82 Å². The summed E-state index contributed by atoms with van der Waals surface area (Å²) in [6.07, 6.45) is 0.367. The Labute approximate surface area is 181 Å². The number of urea groups is 1. The molecule has 162 valence electrons. The molecule has 0 saturated heterocycles. The summed E-state index contributed by atoms with van der Waals surface area (Å²) in [4.78, 5) is 30.3. The average Bonchev–Trinajstić information content (AvgIpc) is 3.24. The lowest BCUT2D eigenvalue weighted by Gasteiger charge is -2.18. The van der Waals surface area contributed by atoms with E-state index >= 15 is 0 Å². The van der Waals surface area contributed by atoms with Crippen molar-refractivity contribution in [2.24, 2.45) is 0 Å². The first-order valence-electron chi connectivity index (χ1n) is 10.1. The minimum Gasteiger partial charge on any atom is -0.344 e. The molecular formula is C23H27N5O3. The van der Waals surface area contributed by atoms with Gasteiger partial charge < -0.3 is 20.1 Å². The minimum atomic E-state index is -0.430. The second-order valence-corrected chi connectivity index (χ2v) is 7.53. The molecule has 0 radical (unpaired) electrons. The Kier molecular flexibility index (Phi) is 7.02. The molecular weight excluding hydrogens is 394 g/mol. The molecule has 0 unspecified atom stereocenters. The summed E-state index contributed by atoms with van der Waals surface area (Å²) in [5, 5.41) is 9.50. The van der Waals surface area contributed by atoms with Gasteiger partial charge in [-0.1, -0.05) is 47.1 Å². The fourth-order valence-electron chi connectivity index (χ4n) is 2.88. The summed E-state index contributed by atoms with van der Waals surface area (Å²) in [6, 6.07) is 13.4. The van der Waals surface area contributed by atoms with Crippen LogP contribution in [0.15, 0.2) is 47.0 Å². The van der Waals surface area contributed by atoms with Crippen LogP contribution in [0.3, 0.4) is 0 Å². The van der Waals surface area contributed by atoms with E-state index in [0.717, 1.165) is 27.9 Å². The van der Waals surface area contributed by atoms with Crippen LogP contribution >= 0.6 is 0 Å².